The van der Waals surface area contributed by atoms with Crippen molar-refractivity contribution in [2.75, 3.05) is 38.2 Å². The van der Waals surface area contributed by atoms with Gasteiger partial charge in [0.15, 0.2) is 0 Å². The number of anilines is 1. The lowest BCUT2D eigenvalue weighted by atomic mass is 9.94. The summed E-state index contributed by atoms with van der Waals surface area (Å²) in [6.07, 6.45) is 9.00. The Morgan fingerprint density at radius 2 is 1.70 bits per heavy atom. The van der Waals surface area contributed by atoms with E-state index < -0.39 is 15.9 Å². The number of hydrogen-bond donors (Lipinski definition) is 1. The second-order valence-corrected chi connectivity index (χ2v) is 14.8. The van der Waals surface area contributed by atoms with Crippen LogP contribution in [0.3, 0.4) is 0 Å². The van der Waals surface area contributed by atoms with Crippen LogP contribution in [0.1, 0.15) is 77.2 Å². The van der Waals surface area contributed by atoms with E-state index in [0.717, 1.165) is 68.6 Å². The van der Waals surface area contributed by atoms with Gasteiger partial charge in [-0.2, -0.15) is 4.31 Å². The van der Waals surface area contributed by atoms with Gasteiger partial charge in [-0.1, -0.05) is 6.07 Å². The van der Waals surface area contributed by atoms with Gasteiger partial charge in [-0.25, -0.2) is 8.42 Å². The molecule has 0 aliphatic carbocycles. The molecule has 0 bridgehead atoms. The van der Waals surface area contributed by atoms with E-state index in [2.05, 4.69) is 46.8 Å². The molecule has 3 heterocycles. The number of carbonyl (C=O) groups is 1. The van der Waals surface area contributed by atoms with Crippen LogP contribution in [0.2, 0.25) is 0 Å². The molecule has 1 atom stereocenters. The molecule has 3 aromatic rings. The molecule has 2 aromatic carbocycles. The molecule has 1 amide bonds. The molecule has 2 N–H and O–H groups in total. The lowest BCUT2D eigenvalue weighted by Crippen LogP contribution is -2.47. The number of ether oxygens (including phenoxy) is 1. The van der Waals surface area contributed by atoms with E-state index in [1.165, 1.54) is 16.8 Å². The van der Waals surface area contributed by atoms with Crippen molar-refractivity contribution >= 4 is 21.6 Å². The van der Waals surface area contributed by atoms with E-state index in [1.807, 2.05) is 37.5 Å². The van der Waals surface area contributed by atoms with Gasteiger partial charge in [0, 0.05) is 68.5 Å². The van der Waals surface area contributed by atoms with E-state index in [1.54, 1.807) is 18.3 Å². The average molecular weight is 648 g/mol. The number of rotatable bonds is 12. The number of aromatic nitrogens is 1. The lowest BCUT2D eigenvalue weighted by Gasteiger charge is -2.42. The highest BCUT2D eigenvalue weighted by atomic mass is 32.2. The van der Waals surface area contributed by atoms with Crippen molar-refractivity contribution in [2.45, 2.75) is 89.7 Å². The minimum Gasteiger partial charge on any atom is -0.497 e. The predicted molar refractivity (Wildman–Crippen MR) is 183 cm³/mol. The maximum Gasteiger partial charge on any atom is 0.249 e. The average Bonchev–Trinajstić information content (AvgIpc) is 3.59. The first-order valence-electron chi connectivity index (χ1n) is 16.5. The fourth-order valence-electron chi connectivity index (χ4n) is 7.27. The molecule has 1 aromatic heterocycles. The van der Waals surface area contributed by atoms with Crippen LogP contribution in [-0.2, 0) is 23.0 Å². The van der Waals surface area contributed by atoms with Crippen LogP contribution in [0.25, 0.3) is 0 Å². The first kappa shape index (κ1) is 33.9. The molecule has 46 heavy (non-hydrogen) atoms. The summed E-state index contributed by atoms with van der Waals surface area (Å²) < 4.78 is 34.7. The molecule has 2 aliphatic heterocycles. The quantitative estimate of drug-likeness (QED) is 0.281. The molecule has 10 heteroatoms. The highest BCUT2D eigenvalue weighted by Gasteiger charge is 2.33. The number of nitrogens with two attached hydrogens (primary N) is 1. The topological polar surface area (TPSA) is 109 Å². The van der Waals surface area contributed by atoms with Crippen molar-refractivity contribution < 1.29 is 17.9 Å². The summed E-state index contributed by atoms with van der Waals surface area (Å²) in [5.41, 5.74) is 11.7. The SMILES string of the molecule is COc1ccc(N(Cc2cnccc2C)C2CCN([C@H](C)CCc3cc(C)c(C(N)=O)c(C)c3S(=O)(=O)N3CCCC3)CC2)cc1. The summed E-state index contributed by atoms with van der Waals surface area (Å²) in [5.74, 6) is 0.258. The van der Waals surface area contributed by atoms with Crippen LogP contribution >= 0.6 is 0 Å². The highest BCUT2D eigenvalue weighted by molar-refractivity contribution is 7.89. The summed E-state index contributed by atoms with van der Waals surface area (Å²) in [6, 6.07) is 12.9. The molecule has 2 aliphatic rings. The van der Waals surface area contributed by atoms with Gasteiger partial charge in [-0.05, 0) is 124 Å². The second-order valence-electron chi connectivity index (χ2n) is 12.9. The second kappa shape index (κ2) is 14.5. The zero-order chi connectivity index (χ0) is 33.0. The third kappa shape index (κ3) is 7.24. The molecule has 2 saturated heterocycles. The Bertz CT molecular complexity index is 1630. The summed E-state index contributed by atoms with van der Waals surface area (Å²) in [7, 11) is -2.04. The van der Waals surface area contributed by atoms with Crippen LogP contribution in [0.15, 0.2) is 53.7 Å². The third-order valence-corrected chi connectivity index (χ3v) is 12.1. The van der Waals surface area contributed by atoms with Gasteiger partial charge < -0.3 is 20.3 Å². The summed E-state index contributed by atoms with van der Waals surface area (Å²) >= 11 is 0. The van der Waals surface area contributed by atoms with Crippen LogP contribution in [0, 0.1) is 20.8 Å². The maximum atomic E-state index is 13.9. The Kier molecular flexibility index (Phi) is 10.7. The summed E-state index contributed by atoms with van der Waals surface area (Å²) in [6.45, 7) is 11.7. The molecule has 2 fully saturated rings. The van der Waals surface area contributed by atoms with Gasteiger partial charge in [0.05, 0.1) is 12.0 Å². The number of methoxy groups -OCH3 is 1. The number of amides is 1. The fourth-order valence-corrected chi connectivity index (χ4v) is 9.25. The number of carbonyl (C=O) groups excluding carboxylic acids is 1. The molecule has 0 radical (unpaired) electrons. The van der Waals surface area contributed by atoms with E-state index in [9.17, 15) is 13.2 Å². The first-order valence-corrected chi connectivity index (χ1v) is 17.9. The van der Waals surface area contributed by atoms with Crippen LogP contribution in [-0.4, -0.2) is 73.9 Å². The predicted octanol–water partition coefficient (Wildman–Crippen LogP) is 5.39. The van der Waals surface area contributed by atoms with Crippen molar-refractivity contribution in [2.24, 2.45) is 5.73 Å². The smallest absolute Gasteiger partial charge is 0.249 e. The van der Waals surface area contributed by atoms with Crippen molar-refractivity contribution in [1.82, 2.24) is 14.2 Å². The van der Waals surface area contributed by atoms with Crippen LogP contribution in [0.4, 0.5) is 5.69 Å². The fraction of sp³-hybridized carbons (Fsp3) is 0.500. The highest BCUT2D eigenvalue weighted by Crippen LogP contribution is 2.33. The standard InChI is InChI=1S/C36H49N5O4S/c1-25-14-17-38-23-30(25)24-41(31-10-12-33(45-5)13-11-31)32-15-20-39(21-16-32)27(3)8-9-29-22-26(2)34(36(37)42)28(4)35(29)46(43,44)40-18-6-7-19-40/h10-14,17,22-23,27,32H,6-9,15-16,18-21,24H2,1-5H3,(H2,37,42)/t27-/m1/s1. The van der Waals surface area contributed by atoms with Crippen molar-refractivity contribution in [3.8, 4) is 5.75 Å². The van der Waals surface area contributed by atoms with Crippen molar-refractivity contribution in [1.29, 1.82) is 0 Å². The lowest BCUT2D eigenvalue weighted by molar-refractivity contribution is 0.0999. The van der Waals surface area contributed by atoms with Crippen molar-refractivity contribution in [3.05, 3.63) is 82.2 Å². The zero-order valence-corrected chi connectivity index (χ0v) is 28.8. The van der Waals surface area contributed by atoms with E-state index in [4.69, 9.17) is 10.5 Å². The number of sulfonamides is 1. The number of aryl methyl sites for hydroxylation is 3. The van der Waals surface area contributed by atoms with E-state index in [-0.39, 0.29) is 10.9 Å². The molecule has 0 unspecified atom stereocenters. The number of hydrogen-bond acceptors (Lipinski definition) is 7. The van der Waals surface area contributed by atoms with Gasteiger partial charge in [-0.3, -0.25) is 9.78 Å². The molecule has 9 nitrogen and oxygen atoms in total. The number of piperidine rings is 1. The monoisotopic (exact) mass is 647 g/mol. The number of likely N-dealkylation sites (tertiary alicyclic amines) is 1. The van der Waals surface area contributed by atoms with E-state index in [0.29, 0.717) is 36.7 Å². The van der Waals surface area contributed by atoms with Crippen molar-refractivity contribution in [3.63, 3.8) is 0 Å². The number of nitrogens with zero attached hydrogens (tertiary/aromatic N) is 4. The Balaban J connectivity index is 1.30. The van der Waals surface area contributed by atoms with Gasteiger partial charge in [0.1, 0.15) is 5.75 Å². The molecule has 0 saturated carbocycles. The van der Waals surface area contributed by atoms with Gasteiger partial charge in [0.25, 0.3) is 0 Å². The minimum absolute atomic E-state index is 0.273. The molecular weight excluding hydrogens is 598 g/mol. The van der Waals surface area contributed by atoms with E-state index >= 15 is 0 Å². The normalized spacial score (nSPS) is 17.2. The Morgan fingerprint density at radius 3 is 2.30 bits per heavy atom. The summed E-state index contributed by atoms with van der Waals surface area (Å²) in [4.78, 5) is 22.0. The Morgan fingerprint density at radius 1 is 1.02 bits per heavy atom. The maximum absolute atomic E-state index is 13.9. The van der Waals surface area contributed by atoms with Crippen LogP contribution in [0.5, 0.6) is 5.75 Å². The van der Waals surface area contributed by atoms with Gasteiger partial charge in [0.2, 0.25) is 15.9 Å². The van der Waals surface area contributed by atoms with Gasteiger partial charge >= 0.3 is 0 Å². The number of pyridine rings is 1. The van der Waals surface area contributed by atoms with Crippen LogP contribution < -0.4 is 15.4 Å². The Hall–Kier alpha value is -3.47. The number of primary amides is 1. The molecular formula is C36H49N5O4S. The Labute approximate surface area is 274 Å². The first-order chi connectivity index (χ1) is 22.0. The zero-order valence-electron chi connectivity index (χ0n) is 28.0. The third-order valence-electron chi connectivity index (χ3n) is 9.99. The molecule has 248 valence electrons. The van der Waals surface area contributed by atoms with Gasteiger partial charge in [-0.15, -0.1) is 0 Å². The summed E-state index contributed by atoms with van der Waals surface area (Å²) in [5, 5.41) is 0. The minimum atomic E-state index is -3.73. The molecule has 0 spiro atoms. The number of benzene rings is 2. The molecule has 5 rings (SSSR count). The largest absolute Gasteiger partial charge is 0.497 e.